The van der Waals surface area contributed by atoms with Crippen LogP contribution in [0.5, 0.6) is 0 Å². The first-order valence-electron chi connectivity index (χ1n) is 5.61. The summed E-state index contributed by atoms with van der Waals surface area (Å²) in [7, 11) is 0. The molecule has 2 atom stereocenters. The van der Waals surface area contributed by atoms with E-state index in [9.17, 15) is 4.79 Å². The second kappa shape index (κ2) is 6.54. The van der Waals surface area contributed by atoms with Crippen LogP contribution in [0.4, 0.5) is 0 Å². The summed E-state index contributed by atoms with van der Waals surface area (Å²) in [5.41, 5.74) is 1.26. The molecule has 0 unspecified atom stereocenters. The zero-order valence-electron chi connectivity index (χ0n) is 9.74. The van der Waals surface area contributed by atoms with Gasteiger partial charge in [-0.25, -0.2) is 0 Å². The Morgan fingerprint density at radius 2 is 2.00 bits per heavy atom. The summed E-state index contributed by atoms with van der Waals surface area (Å²) in [6, 6.07) is 10.2. The van der Waals surface area contributed by atoms with Crippen LogP contribution in [0.2, 0.25) is 0 Å². The van der Waals surface area contributed by atoms with Gasteiger partial charge in [-0.3, -0.25) is 4.79 Å². The molecule has 0 spiro atoms. The van der Waals surface area contributed by atoms with Crippen molar-refractivity contribution in [2.24, 2.45) is 0 Å². The van der Waals surface area contributed by atoms with Crippen LogP contribution in [0, 0.1) is 0 Å². The number of hydrogen-bond donors (Lipinski definition) is 1. The quantitative estimate of drug-likeness (QED) is 0.787. The first-order chi connectivity index (χ1) is 7.65. The van der Waals surface area contributed by atoms with Gasteiger partial charge in [0.25, 0.3) is 0 Å². The van der Waals surface area contributed by atoms with E-state index in [1.165, 1.54) is 5.56 Å². The number of rotatable bonds is 5. The fourth-order valence-electron chi connectivity index (χ4n) is 1.59. The highest BCUT2D eigenvalue weighted by Gasteiger charge is 2.13. The molecule has 1 amide bonds. The van der Waals surface area contributed by atoms with E-state index in [4.69, 9.17) is 11.6 Å². The molecular formula is C13H18ClNO. The van der Waals surface area contributed by atoms with Gasteiger partial charge >= 0.3 is 0 Å². The molecule has 0 saturated heterocycles. The number of halogens is 1. The van der Waals surface area contributed by atoms with E-state index in [0.717, 1.165) is 6.42 Å². The maximum Gasteiger partial charge on any atom is 0.237 e. The number of nitrogens with one attached hydrogen (secondary N) is 1. The Morgan fingerprint density at radius 3 is 2.50 bits per heavy atom. The molecule has 16 heavy (non-hydrogen) atoms. The smallest absolute Gasteiger partial charge is 0.237 e. The van der Waals surface area contributed by atoms with Crippen molar-refractivity contribution in [1.29, 1.82) is 0 Å². The van der Waals surface area contributed by atoms with Gasteiger partial charge in [0.1, 0.15) is 5.38 Å². The van der Waals surface area contributed by atoms with Gasteiger partial charge in [0.05, 0.1) is 0 Å². The highest BCUT2D eigenvalue weighted by Crippen LogP contribution is 2.17. The molecule has 2 nitrogen and oxygen atoms in total. The SMILES string of the molecule is CC[C@H](CNC(=O)[C@@H](C)Cl)c1ccccc1. The first-order valence-corrected chi connectivity index (χ1v) is 6.05. The van der Waals surface area contributed by atoms with Gasteiger partial charge in [0.2, 0.25) is 5.91 Å². The number of amides is 1. The Labute approximate surface area is 102 Å². The van der Waals surface area contributed by atoms with E-state index < -0.39 is 5.38 Å². The summed E-state index contributed by atoms with van der Waals surface area (Å²) in [5.74, 6) is 0.261. The van der Waals surface area contributed by atoms with Crippen molar-refractivity contribution < 1.29 is 4.79 Å². The standard InChI is InChI=1S/C13H18ClNO/c1-3-11(9-15-13(16)10(2)14)12-7-5-4-6-8-12/h4-8,10-11H,3,9H2,1-2H3,(H,15,16)/t10-,11-/m1/s1. The number of alkyl halides is 1. The average Bonchev–Trinajstić information content (AvgIpc) is 2.30. The Balaban J connectivity index is 2.54. The molecule has 88 valence electrons. The van der Waals surface area contributed by atoms with Gasteiger partial charge in [-0.1, -0.05) is 37.3 Å². The molecular weight excluding hydrogens is 222 g/mol. The highest BCUT2D eigenvalue weighted by molar-refractivity contribution is 6.30. The van der Waals surface area contributed by atoms with Gasteiger partial charge in [-0.15, -0.1) is 11.6 Å². The molecule has 0 heterocycles. The third-order valence-electron chi connectivity index (χ3n) is 2.65. The van der Waals surface area contributed by atoms with Crippen molar-refractivity contribution in [3.05, 3.63) is 35.9 Å². The number of carbonyl (C=O) groups is 1. The van der Waals surface area contributed by atoms with Crippen LogP contribution >= 0.6 is 11.6 Å². The monoisotopic (exact) mass is 239 g/mol. The van der Waals surface area contributed by atoms with Gasteiger partial charge in [0, 0.05) is 12.5 Å². The average molecular weight is 240 g/mol. The van der Waals surface area contributed by atoms with E-state index in [2.05, 4.69) is 24.4 Å². The molecule has 1 N–H and O–H groups in total. The normalized spacial score (nSPS) is 14.2. The van der Waals surface area contributed by atoms with E-state index in [-0.39, 0.29) is 5.91 Å². The Morgan fingerprint density at radius 1 is 1.38 bits per heavy atom. The van der Waals surface area contributed by atoms with Crippen LogP contribution in [-0.4, -0.2) is 17.8 Å². The molecule has 0 aliphatic rings. The van der Waals surface area contributed by atoms with Crippen LogP contribution in [-0.2, 0) is 4.79 Å². The van der Waals surface area contributed by atoms with E-state index in [1.54, 1.807) is 6.92 Å². The number of hydrogen-bond acceptors (Lipinski definition) is 1. The topological polar surface area (TPSA) is 29.1 Å². The predicted octanol–water partition coefficient (Wildman–Crippen LogP) is 2.92. The summed E-state index contributed by atoms with van der Waals surface area (Å²) in [6.45, 7) is 4.45. The largest absolute Gasteiger partial charge is 0.354 e. The molecule has 0 aliphatic carbocycles. The first kappa shape index (κ1) is 13.0. The van der Waals surface area contributed by atoms with Gasteiger partial charge < -0.3 is 5.32 Å². The second-order valence-corrected chi connectivity index (χ2v) is 4.53. The zero-order chi connectivity index (χ0) is 12.0. The molecule has 1 aromatic carbocycles. The summed E-state index contributed by atoms with van der Waals surface area (Å²) in [5, 5.41) is 2.40. The van der Waals surface area contributed by atoms with Gasteiger partial charge in [-0.2, -0.15) is 0 Å². The lowest BCUT2D eigenvalue weighted by Gasteiger charge is -2.16. The second-order valence-electron chi connectivity index (χ2n) is 3.88. The Bertz CT molecular complexity index is 324. The Hall–Kier alpha value is -1.02. The minimum Gasteiger partial charge on any atom is -0.354 e. The van der Waals surface area contributed by atoms with Crippen LogP contribution in [0.3, 0.4) is 0 Å². The number of benzene rings is 1. The van der Waals surface area contributed by atoms with E-state index in [0.29, 0.717) is 12.5 Å². The summed E-state index contributed by atoms with van der Waals surface area (Å²) in [4.78, 5) is 11.4. The maximum atomic E-state index is 11.4. The van der Waals surface area contributed by atoms with E-state index in [1.807, 2.05) is 18.2 Å². The van der Waals surface area contributed by atoms with Crippen molar-refractivity contribution in [1.82, 2.24) is 5.32 Å². The molecule has 0 bridgehead atoms. The zero-order valence-corrected chi connectivity index (χ0v) is 10.5. The maximum absolute atomic E-state index is 11.4. The van der Waals surface area contributed by atoms with Crippen LogP contribution in [0.25, 0.3) is 0 Å². The highest BCUT2D eigenvalue weighted by atomic mass is 35.5. The summed E-state index contributed by atoms with van der Waals surface area (Å²) < 4.78 is 0. The molecule has 1 rings (SSSR count). The summed E-state index contributed by atoms with van der Waals surface area (Å²) in [6.07, 6.45) is 1.00. The third-order valence-corrected chi connectivity index (χ3v) is 2.85. The molecule has 0 fully saturated rings. The van der Waals surface area contributed by atoms with Crippen molar-refractivity contribution in [3.63, 3.8) is 0 Å². The molecule has 0 saturated carbocycles. The van der Waals surface area contributed by atoms with Crippen LogP contribution < -0.4 is 5.32 Å². The lowest BCUT2D eigenvalue weighted by Crippen LogP contribution is -2.33. The molecule has 3 heteroatoms. The lowest BCUT2D eigenvalue weighted by atomic mass is 9.96. The van der Waals surface area contributed by atoms with Crippen LogP contribution in [0.15, 0.2) is 30.3 Å². The lowest BCUT2D eigenvalue weighted by molar-refractivity contribution is -0.120. The van der Waals surface area contributed by atoms with Gasteiger partial charge in [-0.05, 0) is 18.9 Å². The predicted molar refractivity (Wildman–Crippen MR) is 67.8 cm³/mol. The van der Waals surface area contributed by atoms with Crippen molar-refractivity contribution in [3.8, 4) is 0 Å². The third kappa shape index (κ3) is 3.86. The number of carbonyl (C=O) groups excluding carboxylic acids is 1. The molecule has 0 radical (unpaired) electrons. The molecule has 0 aliphatic heterocycles. The van der Waals surface area contributed by atoms with Gasteiger partial charge in [0.15, 0.2) is 0 Å². The minimum absolute atomic E-state index is 0.101. The van der Waals surface area contributed by atoms with Crippen molar-refractivity contribution >= 4 is 17.5 Å². The minimum atomic E-state index is -0.465. The van der Waals surface area contributed by atoms with E-state index >= 15 is 0 Å². The molecule has 0 aromatic heterocycles. The fraction of sp³-hybridized carbons (Fsp3) is 0.462. The fourth-order valence-corrected chi connectivity index (χ4v) is 1.66. The summed E-state index contributed by atoms with van der Waals surface area (Å²) >= 11 is 5.69. The van der Waals surface area contributed by atoms with Crippen molar-refractivity contribution in [2.75, 3.05) is 6.54 Å². The van der Waals surface area contributed by atoms with Crippen molar-refractivity contribution in [2.45, 2.75) is 31.6 Å². The van der Waals surface area contributed by atoms with Crippen LogP contribution in [0.1, 0.15) is 31.7 Å². The Kier molecular flexibility index (Phi) is 5.33. The molecule has 1 aromatic rings.